The molecule has 0 aromatic carbocycles. The van der Waals surface area contributed by atoms with Crippen molar-refractivity contribution in [2.45, 2.75) is 0 Å². The highest BCUT2D eigenvalue weighted by Gasteiger charge is 1.82. The summed E-state index contributed by atoms with van der Waals surface area (Å²) in [6.07, 6.45) is 0. The minimum absolute atomic E-state index is 1.05. The van der Waals surface area contributed by atoms with Gasteiger partial charge in [0.05, 0.1) is 10.8 Å². The standard InChI is InChI=1S/C8H6NS/c1-9-6-2-4-8-5-3-7-10-8/h3,5,7H,1H3/q+1. The number of rotatable bonds is 0. The molecule has 0 N–H and O–H groups in total. The zero-order chi connectivity index (χ0) is 7.23. The highest BCUT2D eigenvalue weighted by Crippen LogP contribution is 2.04. The summed E-state index contributed by atoms with van der Waals surface area (Å²) in [5.74, 6) is 5.57. The smallest absolute Gasteiger partial charge is 0.135 e. The van der Waals surface area contributed by atoms with Gasteiger partial charge in [-0.1, -0.05) is 10.9 Å². The first-order valence-corrected chi connectivity index (χ1v) is 3.70. The maximum Gasteiger partial charge on any atom is 0.365 e. The zero-order valence-electron chi connectivity index (χ0n) is 5.59. The minimum Gasteiger partial charge on any atom is -0.135 e. The molecule has 0 aliphatic heterocycles. The molecule has 0 saturated carbocycles. The van der Waals surface area contributed by atoms with E-state index in [1.54, 1.807) is 18.4 Å². The monoisotopic (exact) mass is 148 g/mol. The fourth-order valence-electron chi connectivity index (χ4n) is 0.495. The van der Waals surface area contributed by atoms with Gasteiger partial charge in [0.1, 0.15) is 0 Å². The number of hydrogen-bond donors (Lipinski definition) is 0. The first-order valence-electron chi connectivity index (χ1n) is 2.82. The summed E-state index contributed by atoms with van der Waals surface area (Å²) in [5.41, 5.74) is 0. The molecule has 0 bridgehead atoms. The molecule has 1 aromatic heterocycles. The van der Waals surface area contributed by atoms with Crippen molar-refractivity contribution in [2.75, 3.05) is 7.05 Å². The summed E-state index contributed by atoms with van der Waals surface area (Å²) in [4.78, 5) is 4.67. The van der Waals surface area contributed by atoms with Crippen molar-refractivity contribution in [3.05, 3.63) is 27.2 Å². The molecule has 1 aromatic rings. The van der Waals surface area contributed by atoms with Crippen LogP contribution in [0.5, 0.6) is 0 Å². The van der Waals surface area contributed by atoms with Crippen LogP contribution >= 0.6 is 11.3 Å². The van der Waals surface area contributed by atoms with E-state index in [1.165, 1.54) is 0 Å². The van der Waals surface area contributed by atoms with Crippen LogP contribution in [-0.2, 0) is 0 Å². The van der Waals surface area contributed by atoms with Crippen LogP contribution in [-0.4, -0.2) is 7.05 Å². The van der Waals surface area contributed by atoms with Gasteiger partial charge >= 0.3 is 6.07 Å². The average molecular weight is 148 g/mol. The second kappa shape index (κ2) is 3.71. The maximum absolute atomic E-state index is 3.62. The number of hydrogen-bond acceptors (Lipinski definition) is 1. The fraction of sp³-hybridized carbons (Fsp3) is 0.125. The number of thiophene rings is 1. The van der Waals surface area contributed by atoms with E-state index in [4.69, 9.17) is 0 Å². The third kappa shape index (κ3) is 1.93. The molecule has 0 fully saturated rings. The first-order chi connectivity index (χ1) is 4.93. The van der Waals surface area contributed by atoms with E-state index < -0.39 is 0 Å². The van der Waals surface area contributed by atoms with Gasteiger partial charge in [-0.3, -0.25) is 0 Å². The highest BCUT2D eigenvalue weighted by molar-refractivity contribution is 7.10. The van der Waals surface area contributed by atoms with E-state index in [2.05, 4.69) is 22.8 Å². The van der Waals surface area contributed by atoms with E-state index in [0.29, 0.717) is 0 Å². The molecule has 0 radical (unpaired) electrons. The predicted molar refractivity (Wildman–Crippen MR) is 44.4 cm³/mol. The molecule has 10 heavy (non-hydrogen) atoms. The Morgan fingerprint density at radius 3 is 3.10 bits per heavy atom. The highest BCUT2D eigenvalue weighted by atomic mass is 32.1. The lowest BCUT2D eigenvalue weighted by molar-refractivity contribution is 1.91. The molecule has 0 atom stereocenters. The summed E-state index contributed by atoms with van der Waals surface area (Å²) in [7, 11) is 1.66. The Labute approximate surface area is 64.1 Å². The summed E-state index contributed by atoms with van der Waals surface area (Å²) in [6, 6.07) is 6.49. The van der Waals surface area contributed by atoms with Gasteiger partial charge in [-0.05, 0) is 17.4 Å². The second-order valence-corrected chi connectivity index (χ2v) is 2.51. The molecule has 0 unspecified atom stereocenters. The molecule has 0 saturated heterocycles. The van der Waals surface area contributed by atoms with Gasteiger partial charge in [-0.2, -0.15) is 0 Å². The molecule has 1 rings (SSSR count). The van der Waals surface area contributed by atoms with Gasteiger partial charge in [0, 0.05) is 0 Å². The summed E-state index contributed by atoms with van der Waals surface area (Å²) >= 11 is 1.62. The lowest BCUT2D eigenvalue weighted by atomic mass is 10.5. The molecular weight excluding hydrogens is 142 g/mol. The fourth-order valence-corrected chi connectivity index (χ4v) is 1.07. The van der Waals surface area contributed by atoms with Gasteiger partial charge < -0.3 is 0 Å². The molecule has 1 nitrogen and oxygen atoms in total. The average Bonchev–Trinajstić information content (AvgIpc) is 2.41. The van der Waals surface area contributed by atoms with Crippen LogP contribution in [0.3, 0.4) is 0 Å². The van der Waals surface area contributed by atoms with Gasteiger partial charge in [0.15, 0.2) is 0 Å². The van der Waals surface area contributed by atoms with Crippen molar-refractivity contribution >= 4 is 11.3 Å². The summed E-state index contributed by atoms with van der Waals surface area (Å²) in [6.45, 7) is 0. The quantitative estimate of drug-likeness (QED) is 0.496. The van der Waals surface area contributed by atoms with Crippen LogP contribution in [0.2, 0.25) is 0 Å². The topological polar surface area (TPSA) is 4.36 Å². The SMILES string of the molecule is C[N+]#CC#Cc1cccs1. The Balaban J connectivity index is 2.72. The van der Waals surface area contributed by atoms with Crippen molar-refractivity contribution in [1.29, 1.82) is 0 Å². The Bertz CT molecular complexity index is 303. The predicted octanol–water partition coefficient (Wildman–Crippen LogP) is 2.06. The summed E-state index contributed by atoms with van der Waals surface area (Å²) < 4.78 is 0. The lowest BCUT2D eigenvalue weighted by Gasteiger charge is -1.67. The minimum atomic E-state index is 1.05. The van der Waals surface area contributed by atoms with E-state index >= 15 is 0 Å². The summed E-state index contributed by atoms with van der Waals surface area (Å²) in [5, 5.41) is 1.99. The van der Waals surface area contributed by atoms with Crippen molar-refractivity contribution in [3.8, 4) is 17.9 Å². The largest absolute Gasteiger partial charge is 0.365 e. The second-order valence-electron chi connectivity index (χ2n) is 1.56. The molecule has 0 aliphatic rings. The molecule has 48 valence electrons. The van der Waals surface area contributed by atoms with E-state index in [9.17, 15) is 0 Å². The Hall–Kier alpha value is -1.25. The normalized spacial score (nSPS) is 6.90. The van der Waals surface area contributed by atoms with Crippen molar-refractivity contribution in [2.24, 2.45) is 0 Å². The van der Waals surface area contributed by atoms with Crippen LogP contribution < -0.4 is 0 Å². The molecule has 0 spiro atoms. The van der Waals surface area contributed by atoms with E-state index in [1.807, 2.05) is 17.5 Å². The Morgan fingerprint density at radius 2 is 2.50 bits per heavy atom. The van der Waals surface area contributed by atoms with Gasteiger partial charge in [0.25, 0.3) is 7.05 Å². The molecule has 0 aliphatic carbocycles. The van der Waals surface area contributed by atoms with E-state index in [-0.39, 0.29) is 0 Å². The third-order valence-corrected chi connectivity index (χ3v) is 1.66. The van der Waals surface area contributed by atoms with Crippen LogP contribution in [0.1, 0.15) is 4.88 Å². The Morgan fingerprint density at radius 1 is 1.60 bits per heavy atom. The Kier molecular flexibility index (Phi) is 2.55. The first kappa shape index (κ1) is 6.86. The van der Waals surface area contributed by atoms with Gasteiger partial charge in [-0.25, -0.2) is 0 Å². The van der Waals surface area contributed by atoms with Crippen LogP contribution in [0.25, 0.3) is 4.85 Å². The zero-order valence-corrected chi connectivity index (χ0v) is 6.40. The van der Waals surface area contributed by atoms with Crippen molar-refractivity contribution in [3.63, 3.8) is 0 Å². The maximum atomic E-state index is 3.62. The third-order valence-electron chi connectivity index (χ3n) is 0.875. The van der Waals surface area contributed by atoms with Crippen molar-refractivity contribution in [1.82, 2.24) is 0 Å². The molecule has 2 heteroatoms. The molecule has 0 amide bonds. The number of nitrogens with zero attached hydrogens (tertiary/aromatic N) is 1. The lowest BCUT2D eigenvalue weighted by Crippen LogP contribution is -1.56. The van der Waals surface area contributed by atoms with E-state index in [0.717, 1.165) is 4.88 Å². The van der Waals surface area contributed by atoms with Crippen molar-refractivity contribution < 1.29 is 0 Å². The van der Waals surface area contributed by atoms with Crippen LogP contribution in [0, 0.1) is 17.9 Å². The van der Waals surface area contributed by atoms with Crippen LogP contribution in [0.15, 0.2) is 17.5 Å². The van der Waals surface area contributed by atoms with Crippen LogP contribution in [0.4, 0.5) is 0 Å². The van der Waals surface area contributed by atoms with Gasteiger partial charge in [0.2, 0.25) is 0 Å². The molecule has 1 heterocycles. The van der Waals surface area contributed by atoms with Gasteiger partial charge in [-0.15, -0.1) is 11.3 Å². The molecular formula is C8H6NS+.